The Morgan fingerprint density at radius 3 is 1.58 bits per heavy atom. The maximum absolute atomic E-state index is 13.1. The van der Waals surface area contributed by atoms with Crippen molar-refractivity contribution in [3.8, 4) is 39.9 Å². The number of cyclic esters (lactones) is 1. The highest BCUT2D eigenvalue weighted by Crippen LogP contribution is 2.42. The fraction of sp³-hybridized carbons (Fsp3) is 0.195. The highest BCUT2D eigenvalue weighted by molar-refractivity contribution is 6.32. The number of ether oxygens (including phenoxy) is 4. The van der Waals surface area contributed by atoms with Gasteiger partial charge in [-0.2, -0.15) is 39.5 Å². The van der Waals surface area contributed by atoms with Crippen molar-refractivity contribution in [1.82, 2.24) is 4.98 Å². The van der Waals surface area contributed by atoms with E-state index in [0.717, 1.165) is 54.3 Å². The molecule has 0 radical (unpaired) electrons. The number of H-pyrrole nitrogens is 1. The van der Waals surface area contributed by atoms with Crippen LogP contribution in [0.1, 0.15) is 68.6 Å². The lowest BCUT2D eigenvalue weighted by molar-refractivity contribution is -0.138. The fourth-order valence-corrected chi connectivity index (χ4v) is 11.6. The number of amides is 1. The number of rotatable bonds is 9. The van der Waals surface area contributed by atoms with Crippen LogP contribution >= 0.6 is 58.0 Å². The molecule has 0 aliphatic carbocycles. The van der Waals surface area contributed by atoms with Crippen molar-refractivity contribution < 1.29 is 112 Å². The molecule has 10 N–H and O–H groups in total. The van der Waals surface area contributed by atoms with E-state index in [-0.39, 0.29) is 139 Å². The highest BCUT2D eigenvalue weighted by Gasteiger charge is 2.34. The maximum Gasteiger partial charge on any atom is 0.416 e. The van der Waals surface area contributed by atoms with Gasteiger partial charge in [0.05, 0.1) is 76.7 Å². The molecule has 3 aromatic heterocycles. The normalized spacial score (nSPS) is 12.8. The molecule has 8 aromatic carbocycles. The Morgan fingerprint density at radius 2 is 1.03 bits per heavy atom. The van der Waals surface area contributed by atoms with Crippen LogP contribution in [0.5, 0.6) is 28.7 Å². The second-order valence-corrected chi connectivity index (χ2v) is 25.8. The van der Waals surface area contributed by atoms with Gasteiger partial charge in [0, 0.05) is 109 Å². The fourth-order valence-electron chi connectivity index (χ4n) is 10.7. The van der Waals surface area contributed by atoms with E-state index in [1.165, 1.54) is 98.1 Å². The number of hydrogen-bond acceptors (Lipinski definition) is 19. The van der Waals surface area contributed by atoms with Crippen LogP contribution in [0.25, 0.3) is 49.7 Å². The van der Waals surface area contributed by atoms with Gasteiger partial charge in [0.15, 0.2) is 0 Å². The third-order valence-corrected chi connectivity index (χ3v) is 17.2. The Hall–Kier alpha value is -11.1. The molecule has 3 aliphatic rings. The number of aliphatic hydroxyl groups excluding tert-OH is 2. The zero-order valence-corrected chi connectivity index (χ0v) is 61.5. The van der Waals surface area contributed by atoms with Crippen LogP contribution in [-0.2, 0) is 61.6 Å². The number of carbonyl (C=O) groups excluding carboxylic acids is 3. The minimum atomic E-state index is -4.57. The zero-order chi connectivity index (χ0) is 82.1. The number of benzene rings is 8. The van der Waals surface area contributed by atoms with Gasteiger partial charge in [-0.3, -0.25) is 14.4 Å². The average Bonchev–Trinajstić information content (AvgIpc) is 1.03. The van der Waals surface area contributed by atoms with E-state index < -0.39 is 58.3 Å². The van der Waals surface area contributed by atoms with Gasteiger partial charge in [0.2, 0.25) is 0 Å². The molecule has 1 fully saturated rings. The van der Waals surface area contributed by atoms with Crippen LogP contribution in [0, 0.1) is 0 Å². The van der Waals surface area contributed by atoms with Crippen LogP contribution in [0.3, 0.4) is 0 Å². The van der Waals surface area contributed by atoms with E-state index in [0.29, 0.717) is 80.5 Å². The SMILES string of the molecule is COC(=O)c1cc(Cl)ccc1O.Nc1ccc(C(F)(F)F)cc1.O=C(Nc1ccc(C(F)(F)F)cc1)C1=C(c2cc(Cl)ccc2O)OCC1.O=C1CCCO1.O=c1[nH]c2ccc(C(F)(F)F)cc2c(-c2cc(Cl)ccc2O)c1CCO.O=c1oc2ccc(Cl)cc2c(O)c1CCO.O=c1oc2ccc(Cl)cc2c2c1CCO2. The molecule has 112 heavy (non-hydrogen) atoms. The molecular weight excluding hydrogens is 1600 g/mol. The number of aromatic amines is 1. The number of halogens is 14. The highest BCUT2D eigenvalue weighted by atomic mass is 35.5. The number of anilines is 2. The van der Waals surface area contributed by atoms with Crippen LogP contribution in [0.15, 0.2) is 187 Å². The molecule has 0 atom stereocenters. The van der Waals surface area contributed by atoms with E-state index >= 15 is 0 Å². The number of methoxy groups -OCH3 is 1. The molecule has 21 nitrogen and oxygen atoms in total. The number of aliphatic hydroxyl groups is 2. The summed E-state index contributed by atoms with van der Waals surface area (Å²) in [6, 6.07) is 33.7. The molecule has 0 saturated carbocycles. The lowest BCUT2D eigenvalue weighted by Gasteiger charge is -2.15. The third kappa shape index (κ3) is 22.8. The quantitative estimate of drug-likeness (QED) is 0.0280. The lowest BCUT2D eigenvalue weighted by atomic mass is 9.93. The van der Waals surface area contributed by atoms with Crippen molar-refractivity contribution in [3.63, 3.8) is 0 Å². The maximum atomic E-state index is 13.1. The van der Waals surface area contributed by atoms with Gasteiger partial charge in [-0.1, -0.05) is 58.0 Å². The van der Waals surface area contributed by atoms with Crippen molar-refractivity contribution in [3.05, 3.63) is 264 Å². The molecule has 590 valence electrons. The Bertz CT molecular complexity index is 5480. The molecule has 35 heteroatoms. The van der Waals surface area contributed by atoms with E-state index in [1.807, 2.05) is 0 Å². The number of nitrogens with two attached hydrogens (primary N) is 1. The van der Waals surface area contributed by atoms with Crippen LogP contribution in [-0.4, -0.2) is 93.6 Å². The molecule has 1 amide bonds. The number of aromatic nitrogens is 1. The molecule has 3 aliphatic heterocycles. The molecule has 14 rings (SSSR count). The number of hydrogen-bond donors (Lipinski definition) is 9. The molecular formula is C77H61Cl5F9N3O18. The van der Waals surface area contributed by atoms with E-state index in [1.54, 1.807) is 24.3 Å². The summed E-state index contributed by atoms with van der Waals surface area (Å²) in [5, 5.41) is 63.1. The minimum Gasteiger partial charge on any atom is -0.507 e. The van der Waals surface area contributed by atoms with E-state index in [2.05, 4.69) is 19.8 Å². The van der Waals surface area contributed by atoms with Gasteiger partial charge in [-0.05, 0) is 164 Å². The minimum absolute atomic E-state index is 0.0463. The number of carbonyl (C=O) groups is 3. The molecule has 11 aromatic rings. The number of nitrogens with one attached hydrogen (secondary N) is 2. The monoisotopic (exact) mass is 1660 g/mol. The summed E-state index contributed by atoms with van der Waals surface area (Å²) < 4.78 is 143. The molecule has 0 bridgehead atoms. The van der Waals surface area contributed by atoms with Crippen LogP contribution in [0.2, 0.25) is 25.1 Å². The molecule has 6 heterocycles. The summed E-state index contributed by atoms with van der Waals surface area (Å²) in [5.74, 6) is -0.974. The largest absolute Gasteiger partial charge is 0.507 e. The van der Waals surface area contributed by atoms with Gasteiger partial charge in [0.1, 0.15) is 51.2 Å². The van der Waals surface area contributed by atoms with E-state index in [9.17, 15) is 93.8 Å². The predicted octanol–water partition coefficient (Wildman–Crippen LogP) is 17.5. The van der Waals surface area contributed by atoms with Crippen LogP contribution in [0.4, 0.5) is 50.9 Å². The van der Waals surface area contributed by atoms with Crippen molar-refractivity contribution in [1.29, 1.82) is 0 Å². The molecule has 1 saturated heterocycles. The number of phenols is 3. The van der Waals surface area contributed by atoms with Gasteiger partial charge in [0.25, 0.3) is 11.5 Å². The number of pyridine rings is 1. The van der Waals surface area contributed by atoms with Crippen molar-refractivity contribution in [2.75, 3.05) is 51.2 Å². The first kappa shape index (κ1) is 86.5. The first-order chi connectivity index (χ1) is 52.9. The van der Waals surface area contributed by atoms with Gasteiger partial charge in [-0.25, -0.2) is 14.4 Å². The third-order valence-electron chi connectivity index (χ3n) is 16.0. The number of fused-ring (bicyclic) bond motifs is 5. The smallest absolute Gasteiger partial charge is 0.416 e. The first-order valence-corrected chi connectivity index (χ1v) is 34.6. The summed E-state index contributed by atoms with van der Waals surface area (Å²) in [7, 11) is 1.24. The molecule has 0 unspecified atom stereocenters. The number of alkyl halides is 9. The topological polar surface area (TPSA) is 341 Å². The second kappa shape index (κ2) is 38.2. The Morgan fingerprint density at radius 1 is 0.527 bits per heavy atom. The lowest BCUT2D eigenvalue weighted by Crippen LogP contribution is -2.16. The number of esters is 2. The summed E-state index contributed by atoms with van der Waals surface area (Å²) in [6.45, 7) is 0.799. The van der Waals surface area contributed by atoms with Gasteiger partial charge >= 0.3 is 41.7 Å². The second-order valence-electron chi connectivity index (χ2n) is 23.7. The molecule has 0 spiro atoms. The van der Waals surface area contributed by atoms with Crippen molar-refractivity contribution in [2.45, 2.75) is 57.1 Å². The predicted molar refractivity (Wildman–Crippen MR) is 400 cm³/mol. The van der Waals surface area contributed by atoms with Crippen LogP contribution < -0.4 is 32.6 Å². The van der Waals surface area contributed by atoms with Crippen molar-refractivity contribution in [2.24, 2.45) is 0 Å². The van der Waals surface area contributed by atoms with Gasteiger partial charge in [-0.15, -0.1) is 0 Å². The Kier molecular flexibility index (Phi) is 29.5. The summed E-state index contributed by atoms with van der Waals surface area (Å²) in [5.41, 5.74) is 4.48. The number of phenolic OH excluding ortho intramolecular Hbond substituents is 3. The Balaban J connectivity index is 0.000000170. The summed E-state index contributed by atoms with van der Waals surface area (Å²) in [4.78, 5) is 71.4. The standard InChI is InChI=1S/2C18H13ClF3NO3.C11H9ClO4.C11H7ClO3.C8H7ClO3.C7H6F3N.C4H6O2/c19-11-3-6-15(24)14(9-11)16-13(7-8-26-16)17(25)23-12-4-1-10(2-5-12)18(20,21)22;19-10-2-4-15(25)13(8-10)16-11(5-6-24)17(26)23-14-3-1-9(7-12(14)16)18(20,21)22;12-6-1-2-9-8(5-6)10(14)7(3-4-13)11(15)16-9;12-6-1-2-9-8(5-6)10-7(3-4-14-10)11(13)15-9;1-12-8(11)6-4-5(9)2-3-7(6)10;8-7(9,10)5-1-3-6(11)4-2-5;5-4-2-1-3-6-4/h1-6,9,24H,7-8H2,(H,23,25);1-4,7-8,24-25H,5-6H2,(H,23,26);1-2,5,13-14H,3-4H2;1-2,5H,3-4H2;2-4,10H,1H3;1-4H,11H2;1-3H2. The summed E-state index contributed by atoms with van der Waals surface area (Å²) >= 11 is 29.2. The number of nitrogen functional groups attached to an aromatic ring is 1. The van der Waals surface area contributed by atoms with Gasteiger partial charge < -0.3 is 74.5 Å². The van der Waals surface area contributed by atoms with E-state index in [4.69, 9.17) is 87.2 Å². The number of aromatic hydroxyl groups is 4. The zero-order valence-electron chi connectivity index (χ0n) is 57.7. The Labute approximate surface area is 651 Å². The average molecular weight is 1660 g/mol. The summed E-state index contributed by atoms with van der Waals surface area (Å²) in [6.07, 6.45) is -10.9. The first-order valence-electron chi connectivity index (χ1n) is 32.7. The van der Waals surface area contributed by atoms with Crippen molar-refractivity contribution >= 4 is 126 Å².